The second kappa shape index (κ2) is 6.17. The van der Waals surface area contributed by atoms with Gasteiger partial charge in [-0.25, -0.2) is 0 Å². The van der Waals surface area contributed by atoms with Crippen molar-refractivity contribution in [3.8, 4) is 0 Å². The Morgan fingerprint density at radius 2 is 2.18 bits per heavy atom. The van der Waals surface area contributed by atoms with Crippen LogP contribution < -0.4 is 0 Å². The lowest BCUT2D eigenvalue weighted by molar-refractivity contribution is -0.136. The second-order valence-electron chi connectivity index (χ2n) is 3.86. The third-order valence-electron chi connectivity index (χ3n) is 2.47. The molecule has 0 aromatic heterocycles. The van der Waals surface area contributed by atoms with Crippen molar-refractivity contribution in [2.75, 3.05) is 0 Å². The van der Waals surface area contributed by atoms with Crippen LogP contribution in [0.5, 0.6) is 0 Å². The van der Waals surface area contributed by atoms with Crippen LogP contribution in [0.3, 0.4) is 0 Å². The lowest BCUT2D eigenvalue weighted by Crippen LogP contribution is -2.25. The molecule has 0 saturated heterocycles. The first-order valence-electron chi connectivity index (χ1n) is 5.30. The van der Waals surface area contributed by atoms with Gasteiger partial charge in [0.1, 0.15) is 5.25 Å². The molecule has 0 saturated carbocycles. The Balaban J connectivity index is 2.84. The van der Waals surface area contributed by atoms with Crippen LogP contribution in [0.15, 0.2) is 18.2 Å². The van der Waals surface area contributed by atoms with Gasteiger partial charge in [-0.15, -0.1) is 0 Å². The molecule has 3 nitrogen and oxygen atoms in total. The third-order valence-corrected chi connectivity index (χ3v) is 4.59. The van der Waals surface area contributed by atoms with Crippen molar-refractivity contribution >= 4 is 28.4 Å². The van der Waals surface area contributed by atoms with Crippen LogP contribution in [-0.4, -0.2) is 20.5 Å². The molecule has 1 N–H and O–H groups in total. The number of hydrogen-bond acceptors (Lipinski definition) is 2. The number of carbonyl (C=O) groups is 1. The molecule has 94 valence electrons. The van der Waals surface area contributed by atoms with E-state index in [1.807, 2.05) is 13.0 Å². The van der Waals surface area contributed by atoms with Crippen molar-refractivity contribution in [1.82, 2.24) is 0 Å². The highest BCUT2D eigenvalue weighted by Crippen LogP contribution is 2.20. The Kier molecular flexibility index (Phi) is 5.15. The molecule has 0 spiro atoms. The number of halogens is 1. The SMILES string of the molecule is CCC(C(=O)O)S(=O)Cc1ccc(C)cc1Cl. The van der Waals surface area contributed by atoms with Crippen molar-refractivity contribution in [2.24, 2.45) is 0 Å². The molecule has 2 atom stereocenters. The summed E-state index contributed by atoms with van der Waals surface area (Å²) >= 11 is 6.02. The Morgan fingerprint density at radius 3 is 2.65 bits per heavy atom. The van der Waals surface area contributed by atoms with E-state index in [0.29, 0.717) is 11.4 Å². The summed E-state index contributed by atoms with van der Waals surface area (Å²) in [7, 11) is -1.44. The van der Waals surface area contributed by atoms with Gasteiger partial charge in [0.2, 0.25) is 0 Å². The van der Waals surface area contributed by atoms with Gasteiger partial charge in [-0.05, 0) is 30.5 Å². The minimum Gasteiger partial charge on any atom is -0.480 e. The quantitative estimate of drug-likeness (QED) is 0.898. The molecule has 2 unspecified atom stereocenters. The molecule has 0 amide bonds. The summed E-state index contributed by atoms with van der Waals surface area (Å²) in [6.07, 6.45) is 0.353. The van der Waals surface area contributed by atoms with Crippen LogP contribution in [0.1, 0.15) is 24.5 Å². The average Bonchev–Trinajstić information content (AvgIpc) is 2.22. The fourth-order valence-electron chi connectivity index (χ4n) is 1.50. The van der Waals surface area contributed by atoms with Gasteiger partial charge in [-0.3, -0.25) is 9.00 Å². The van der Waals surface area contributed by atoms with Crippen molar-refractivity contribution in [1.29, 1.82) is 0 Å². The molecule has 0 bridgehead atoms. The minimum absolute atomic E-state index is 0.184. The molecule has 1 aromatic rings. The van der Waals surface area contributed by atoms with Crippen molar-refractivity contribution in [2.45, 2.75) is 31.3 Å². The van der Waals surface area contributed by atoms with Crippen LogP contribution in [0, 0.1) is 6.92 Å². The lowest BCUT2D eigenvalue weighted by atomic mass is 10.2. The Bertz CT molecular complexity index is 445. The van der Waals surface area contributed by atoms with E-state index in [1.165, 1.54) is 0 Å². The molecule has 0 radical (unpaired) electrons. The molecular weight excluding hydrogens is 260 g/mol. The van der Waals surface area contributed by atoms with E-state index < -0.39 is 22.0 Å². The van der Waals surface area contributed by atoms with Gasteiger partial charge in [-0.2, -0.15) is 0 Å². The summed E-state index contributed by atoms with van der Waals surface area (Å²) < 4.78 is 11.9. The maximum Gasteiger partial charge on any atom is 0.319 e. The summed E-state index contributed by atoms with van der Waals surface area (Å²) in [6.45, 7) is 3.63. The van der Waals surface area contributed by atoms with Gasteiger partial charge in [0.05, 0.1) is 5.75 Å². The summed E-state index contributed by atoms with van der Waals surface area (Å²) in [5.74, 6) is -0.835. The van der Waals surface area contributed by atoms with Gasteiger partial charge in [0.25, 0.3) is 0 Å². The van der Waals surface area contributed by atoms with Gasteiger partial charge in [0, 0.05) is 15.8 Å². The molecule has 0 heterocycles. The van der Waals surface area contributed by atoms with Gasteiger partial charge in [-0.1, -0.05) is 30.7 Å². The van der Waals surface area contributed by atoms with Gasteiger partial charge >= 0.3 is 5.97 Å². The molecule has 5 heteroatoms. The number of benzene rings is 1. The summed E-state index contributed by atoms with van der Waals surface area (Å²) in [5.41, 5.74) is 1.75. The summed E-state index contributed by atoms with van der Waals surface area (Å²) in [4.78, 5) is 10.9. The standard InChI is InChI=1S/C12H15ClO3S/c1-3-11(12(14)15)17(16)7-9-5-4-8(2)6-10(9)13/h4-6,11H,3,7H2,1-2H3,(H,14,15). The van der Waals surface area contributed by atoms with E-state index in [1.54, 1.807) is 19.1 Å². The zero-order valence-corrected chi connectivity index (χ0v) is 11.3. The summed E-state index contributed by atoms with van der Waals surface area (Å²) in [6, 6.07) is 5.46. The first-order chi connectivity index (χ1) is 7.95. The van der Waals surface area contributed by atoms with E-state index in [0.717, 1.165) is 11.1 Å². The summed E-state index contributed by atoms with van der Waals surface area (Å²) in [5, 5.41) is 8.62. The molecule has 1 aromatic carbocycles. The first kappa shape index (κ1) is 14.2. The fraction of sp³-hybridized carbons (Fsp3) is 0.417. The molecule has 0 aliphatic carbocycles. The third kappa shape index (κ3) is 3.82. The first-order valence-corrected chi connectivity index (χ1v) is 7.06. The highest BCUT2D eigenvalue weighted by Gasteiger charge is 2.23. The Morgan fingerprint density at radius 1 is 1.53 bits per heavy atom. The van der Waals surface area contributed by atoms with Crippen LogP contribution in [-0.2, 0) is 21.3 Å². The van der Waals surface area contributed by atoms with Crippen LogP contribution in [0.2, 0.25) is 5.02 Å². The number of hydrogen-bond donors (Lipinski definition) is 1. The molecule has 0 fully saturated rings. The highest BCUT2D eigenvalue weighted by molar-refractivity contribution is 7.85. The Hall–Kier alpha value is -0.870. The lowest BCUT2D eigenvalue weighted by Gasteiger charge is -2.11. The van der Waals surface area contributed by atoms with E-state index in [2.05, 4.69) is 0 Å². The second-order valence-corrected chi connectivity index (χ2v) is 5.88. The number of aliphatic carboxylic acids is 1. The molecule has 0 aliphatic heterocycles. The number of rotatable bonds is 5. The number of carboxylic acid groups (broad SMARTS) is 1. The normalized spacial score (nSPS) is 14.3. The van der Waals surface area contributed by atoms with E-state index in [-0.39, 0.29) is 5.75 Å². The fourth-order valence-corrected chi connectivity index (χ4v) is 3.23. The van der Waals surface area contributed by atoms with Gasteiger partial charge < -0.3 is 5.11 Å². The highest BCUT2D eigenvalue weighted by atomic mass is 35.5. The monoisotopic (exact) mass is 274 g/mol. The van der Waals surface area contributed by atoms with Crippen LogP contribution in [0.4, 0.5) is 0 Å². The molecule has 0 aliphatic rings. The number of carboxylic acids is 1. The molecule has 1 rings (SSSR count). The largest absolute Gasteiger partial charge is 0.480 e. The van der Waals surface area contributed by atoms with Gasteiger partial charge in [0.15, 0.2) is 0 Å². The predicted octanol–water partition coefficient (Wildman–Crippen LogP) is 2.76. The van der Waals surface area contributed by atoms with E-state index in [9.17, 15) is 9.00 Å². The van der Waals surface area contributed by atoms with E-state index >= 15 is 0 Å². The zero-order chi connectivity index (χ0) is 13.0. The van der Waals surface area contributed by atoms with E-state index in [4.69, 9.17) is 16.7 Å². The maximum absolute atomic E-state index is 11.9. The van der Waals surface area contributed by atoms with Crippen molar-refractivity contribution in [3.63, 3.8) is 0 Å². The smallest absolute Gasteiger partial charge is 0.319 e. The average molecular weight is 275 g/mol. The molecule has 17 heavy (non-hydrogen) atoms. The van der Waals surface area contributed by atoms with Crippen LogP contribution in [0.25, 0.3) is 0 Å². The van der Waals surface area contributed by atoms with Crippen LogP contribution >= 0.6 is 11.6 Å². The zero-order valence-electron chi connectivity index (χ0n) is 9.77. The topological polar surface area (TPSA) is 54.4 Å². The predicted molar refractivity (Wildman–Crippen MR) is 69.8 cm³/mol. The minimum atomic E-state index is -1.44. The molecular formula is C12H15ClO3S. The van der Waals surface area contributed by atoms with Crippen molar-refractivity contribution in [3.05, 3.63) is 34.3 Å². The Labute approximate surface area is 108 Å². The number of aryl methyl sites for hydroxylation is 1. The maximum atomic E-state index is 11.9. The van der Waals surface area contributed by atoms with Crippen molar-refractivity contribution < 1.29 is 14.1 Å².